The summed E-state index contributed by atoms with van der Waals surface area (Å²) in [6.45, 7) is 10.2. The molecule has 0 aromatic heterocycles. The number of nitrogens with zero attached hydrogens (tertiary/aromatic N) is 1. The number of rotatable bonds is 9. The molecule has 0 aliphatic heterocycles. The van der Waals surface area contributed by atoms with Gasteiger partial charge >= 0.3 is 0 Å². The van der Waals surface area contributed by atoms with Crippen molar-refractivity contribution >= 4 is 21.6 Å². The van der Waals surface area contributed by atoms with Crippen LogP contribution in [0.1, 0.15) is 35.6 Å². The maximum absolute atomic E-state index is 12.9. The van der Waals surface area contributed by atoms with Gasteiger partial charge in [-0.15, -0.1) is 0 Å². The second kappa shape index (κ2) is 9.98. The van der Waals surface area contributed by atoms with Gasteiger partial charge in [0, 0.05) is 0 Å². The van der Waals surface area contributed by atoms with E-state index in [2.05, 4.69) is 5.32 Å². The molecule has 7 heteroatoms. The molecule has 6 nitrogen and oxygen atoms in total. The van der Waals surface area contributed by atoms with Crippen molar-refractivity contribution in [2.24, 2.45) is 0 Å². The number of carbonyl (C=O) groups excluding carboxylic acids is 1. The highest BCUT2D eigenvalue weighted by molar-refractivity contribution is 7.92. The minimum atomic E-state index is -3.65. The quantitative estimate of drug-likeness (QED) is 0.614. The van der Waals surface area contributed by atoms with E-state index in [9.17, 15) is 13.2 Å². The zero-order valence-corrected chi connectivity index (χ0v) is 19.5. The summed E-state index contributed by atoms with van der Waals surface area (Å²) in [5.74, 6) is 0.441. The number of anilines is 1. The van der Waals surface area contributed by atoms with E-state index in [1.54, 1.807) is 19.1 Å². The Labute approximate surface area is 180 Å². The topological polar surface area (TPSA) is 75.7 Å². The summed E-state index contributed by atoms with van der Waals surface area (Å²) in [4.78, 5) is 12.9. The van der Waals surface area contributed by atoms with Gasteiger partial charge in [0.15, 0.2) is 0 Å². The third kappa shape index (κ3) is 6.23. The van der Waals surface area contributed by atoms with E-state index < -0.39 is 16.1 Å². The molecule has 2 aromatic rings. The van der Waals surface area contributed by atoms with Crippen LogP contribution in [0.15, 0.2) is 36.4 Å². The van der Waals surface area contributed by atoms with Gasteiger partial charge in [0.05, 0.1) is 18.5 Å². The van der Waals surface area contributed by atoms with Crippen molar-refractivity contribution < 1.29 is 17.9 Å². The van der Waals surface area contributed by atoms with E-state index in [4.69, 9.17) is 4.74 Å². The lowest BCUT2D eigenvalue weighted by Crippen LogP contribution is -2.50. The Hall–Kier alpha value is -2.54. The molecule has 30 heavy (non-hydrogen) atoms. The van der Waals surface area contributed by atoms with Crippen molar-refractivity contribution in [3.8, 4) is 5.75 Å². The van der Waals surface area contributed by atoms with Gasteiger partial charge in [0.1, 0.15) is 18.4 Å². The normalized spacial score (nSPS) is 12.3. The summed E-state index contributed by atoms with van der Waals surface area (Å²) in [6, 6.07) is 10.7. The van der Waals surface area contributed by atoms with Gasteiger partial charge < -0.3 is 10.1 Å². The number of hydrogen-bond donors (Lipinski definition) is 1. The Balaban J connectivity index is 2.11. The molecule has 1 atom stereocenters. The third-order valence-electron chi connectivity index (χ3n) is 4.79. The Bertz CT molecular complexity index is 982. The summed E-state index contributed by atoms with van der Waals surface area (Å²) in [7, 11) is -3.65. The van der Waals surface area contributed by atoms with Crippen LogP contribution in [0.5, 0.6) is 5.75 Å². The smallest absolute Gasteiger partial charge is 0.244 e. The molecular formula is C23H32N2O4S. The highest BCUT2D eigenvalue weighted by Gasteiger charge is 2.31. The van der Waals surface area contributed by atoms with Crippen LogP contribution in [0, 0.1) is 27.7 Å². The first-order chi connectivity index (χ1) is 14.0. The van der Waals surface area contributed by atoms with Gasteiger partial charge in [-0.25, -0.2) is 8.42 Å². The van der Waals surface area contributed by atoms with Crippen LogP contribution < -0.4 is 14.4 Å². The molecular weight excluding hydrogens is 400 g/mol. The van der Waals surface area contributed by atoms with E-state index in [1.807, 2.05) is 52.0 Å². The molecule has 0 radical (unpaired) electrons. The van der Waals surface area contributed by atoms with Crippen LogP contribution in [0.25, 0.3) is 0 Å². The fourth-order valence-electron chi connectivity index (χ4n) is 3.45. The van der Waals surface area contributed by atoms with Crippen LogP contribution in [-0.4, -0.2) is 39.8 Å². The fraction of sp³-hybridized carbons (Fsp3) is 0.435. The number of carbonyl (C=O) groups is 1. The number of nitrogens with one attached hydrogen (secondary N) is 1. The standard InChI is InChI=1S/C23H32N2O4S/c1-7-21(25(30(6,27)28)20-13-17(3)12-18(4)14-20)23(26)24-10-11-29-22-15-16(2)8-9-19(22)5/h8-9,12-15,21H,7,10-11H2,1-6H3,(H,24,26). The van der Waals surface area contributed by atoms with Crippen molar-refractivity contribution in [2.45, 2.75) is 47.1 Å². The predicted octanol–water partition coefficient (Wildman–Crippen LogP) is 3.66. The van der Waals surface area contributed by atoms with E-state index in [1.165, 1.54) is 4.31 Å². The molecule has 164 valence electrons. The second-order valence-corrected chi connectivity index (χ2v) is 9.60. The summed E-state index contributed by atoms with van der Waals surface area (Å²) >= 11 is 0. The van der Waals surface area contributed by atoms with Crippen LogP contribution in [0.2, 0.25) is 0 Å². The average Bonchev–Trinajstić information content (AvgIpc) is 2.63. The van der Waals surface area contributed by atoms with Gasteiger partial charge in [-0.1, -0.05) is 25.1 Å². The van der Waals surface area contributed by atoms with Crippen molar-refractivity contribution in [3.63, 3.8) is 0 Å². The highest BCUT2D eigenvalue weighted by Crippen LogP contribution is 2.25. The molecule has 0 heterocycles. The molecule has 0 bridgehead atoms. The number of sulfonamides is 1. The zero-order chi connectivity index (χ0) is 22.5. The molecule has 1 N–H and O–H groups in total. The number of aryl methyl sites for hydroxylation is 4. The zero-order valence-electron chi connectivity index (χ0n) is 18.7. The van der Waals surface area contributed by atoms with Gasteiger partial charge in [-0.3, -0.25) is 9.10 Å². The SMILES string of the molecule is CCC(C(=O)NCCOc1cc(C)ccc1C)N(c1cc(C)cc(C)c1)S(C)(=O)=O. The lowest BCUT2D eigenvalue weighted by Gasteiger charge is -2.30. The lowest BCUT2D eigenvalue weighted by atomic mass is 10.1. The summed E-state index contributed by atoms with van der Waals surface area (Å²) < 4.78 is 32.1. The maximum Gasteiger partial charge on any atom is 0.244 e. The lowest BCUT2D eigenvalue weighted by molar-refractivity contribution is -0.122. The fourth-order valence-corrected chi connectivity index (χ4v) is 4.65. The van der Waals surface area contributed by atoms with Gasteiger partial charge in [0.2, 0.25) is 15.9 Å². The molecule has 0 aliphatic carbocycles. The maximum atomic E-state index is 12.9. The Morgan fingerprint density at radius 2 is 1.67 bits per heavy atom. The minimum absolute atomic E-state index is 0.285. The minimum Gasteiger partial charge on any atom is -0.491 e. The molecule has 0 spiro atoms. The van der Waals surface area contributed by atoms with E-state index >= 15 is 0 Å². The number of benzene rings is 2. The molecule has 1 unspecified atom stereocenters. The first-order valence-electron chi connectivity index (χ1n) is 10.1. The summed E-state index contributed by atoms with van der Waals surface area (Å²) in [6.07, 6.45) is 1.48. The predicted molar refractivity (Wildman–Crippen MR) is 122 cm³/mol. The van der Waals surface area contributed by atoms with Crippen molar-refractivity contribution in [3.05, 3.63) is 58.7 Å². The van der Waals surface area contributed by atoms with Crippen LogP contribution in [0.4, 0.5) is 5.69 Å². The molecule has 0 saturated heterocycles. The second-order valence-electron chi connectivity index (χ2n) is 7.74. The molecule has 0 fully saturated rings. The first-order valence-corrected chi connectivity index (χ1v) is 11.9. The van der Waals surface area contributed by atoms with Gasteiger partial charge in [-0.05, 0) is 74.6 Å². The number of ether oxygens (including phenoxy) is 1. The molecule has 2 rings (SSSR count). The summed E-state index contributed by atoms with van der Waals surface area (Å²) in [5.41, 5.74) is 4.51. The Morgan fingerprint density at radius 1 is 1.03 bits per heavy atom. The number of hydrogen-bond acceptors (Lipinski definition) is 4. The van der Waals surface area contributed by atoms with Crippen molar-refractivity contribution in [2.75, 3.05) is 23.7 Å². The van der Waals surface area contributed by atoms with Crippen LogP contribution in [-0.2, 0) is 14.8 Å². The average molecular weight is 433 g/mol. The number of amides is 1. The van der Waals surface area contributed by atoms with E-state index in [0.717, 1.165) is 34.3 Å². The van der Waals surface area contributed by atoms with Gasteiger partial charge in [0.25, 0.3) is 0 Å². The third-order valence-corrected chi connectivity index (χ3v) is 5.97. The summed E-state index contributed by atoms with van der Waals surface area (Å²) in [5, 5.41) is 2.82. The Morgan fingerprint density at radius 3 is 2.23 bits per heavy atom. The van der Waals surface area contributed by atoms with E-state index in [0.29, 0.717) is 18.7 Å². The molecule has 0 aliphatic rings. The molecule has 0 saturated carbocycles. The van der Waals surface area contributed by atoms with E-state index in [-0.39, 0.29) is 12.5 Å². The van der Waals surface area contributed by atoms with Gasteiger partial charge in [-0.2, -0.15) is 0 Å². The monoisotopic (exact) mass is 432 g/mol. The largest absolute Gasteiger partial charge is 0.491 e. The molecule has 1 amide bonds. The van der Waals surface area contributed by atoms with Crippen LogP contribution >= 0.6 is 0 Å². The molecule has 2 aromatic carbocycles. The first kappa shape index (κ1) is 23.7. The van der Waals surface area contributed by atoms with Crippen LogP contribution in [0.3, 0.4) is 0 Å². The van der Waals surface area contributed by atoms with Crippen molar-refractivity contribution in [1.29, 1.82) is 0 Å². The Kier molecular flexibility index (Phi) is 7.89. The highest BCUT2D eigenvalue weighted by atomic mass is 32.2. The van der Waals surface area contributed by atoms with Crippen molar-refractivity contribution in [1.82, 2.24) is 5.32 Å².